The number of thiazole rings is 1. The van der Waals surface area contributed by atoms with Crippen molar-refractivity contribution in [2.75, 3.05) is 31.2 Å². The molecule has 4 rings (SSSR count). The number of hydrogen-bond acceptors (Lipinski definition) is 5. The molecule has 1 aliphatic rings. The summed E-state index contributed by atoms with van der Waals surface area (Å²) in [6, 6.07) is 6.71. The fourth-order valence-corrected chi connectivity index (χ4v) is 3.71. The largest absolute Gasteiger partial charge is 0.378 e. The van der Waals surface area contributed by atoms with Crippen molar-refractivity contribution in [1.82, 2.24) is 9.97 Å². The van der Waals surface area contributed by atoms with Gasteiger partial charge in [0.05, 0.1) is 29.3 Å². The Hall–Kier alpha value is -2.05. The Morgan fingerprint density at radius 3 is 2.87 bits per heavy atom. The second-order valence-electron chi connectivity index (χ2n) is 5.59. The first kappa shape index (κ1) is 14.5. The van der Waals surface area contributed by atoms with Crippen molar-refractivity contribution in [3.8, 4) is 10.6 Å². The Balaban J connectivity index is 1.71. The molecule has 1 aliphatic heterocycles. The van der Waals surface area contributed by atoms with Gasteiger partial charge >= 0.3 is 0 Å². The minimum Gasteiger partial charge on any atom is -0.378 e. The van der Waals surface area contributed by atoms with E-state index >= 15 is 0 Å². The summed E-state index contributed by atoms with van der Waals surface area (Å²) in [6.45, 7) is 5.21. The number of hydrogen-bond donors (Lipinski definition) is 0. The first-order chi connectivity index (χ1) is 11.2. The molecule has 0 N–H and O–H groups in total. The Morgan fingerprint density at radius 2 is 2.04 bits per heavy atom. The van der Waals surface area contributed by atoms with Gasteiger partial charge in [-0.25, -0.2) is 14.4 Å². The molecule has 3 heterocycles. The fraction of sp³-hybridized carbons (Fsp3) is 0.294. The maximum Gasteiger partial charge on any atom is 0.186 e. The van der Waals surface area contributed by atoms with Crippen LogP contribution in [-0.4, -0.2) is 36.3 Å². The average molecular weight is 329 g/mol. The Bertz CT molecular complexity index is 858. The van der Waals surface area contributed by atoms with Gasteiger partial charge in [-0.2, -0.15) is 0 Å². The quantitative estimate of drug-likeness (QED) is 0.719. The number of aryl methyl sites for hydroxylation is 1. The minimum atomic E-state index is -0.234. The van der Waals surface area contributed by atoms with Gasteiger partial charge in [-0.05, 0) is 36.8 Å². The number of benzene rings is 1. The molecule has 23 heavy (non-hydrogen) atoms. The fourth-order valence-electron chi connectivity index (χ4n) is 2.78. The normalized spacial score (nSPS) is 15.3. The number of pyridine rings is 1. The van der Waals surface area contributed by atoms with Crippen LogP contribution in [0.1, 0.15) is 5.56 Å². The number of nitrogens with zero attached hydrogens (tertiary/aromatic N) is 3. The van der Waals surface area contributed by atoms with Gasteiger partial charge < -0.3 is 9.64 Å². The topological polar surface area (TPSA) is 38.2 Å². The second-order valence-corrected chi connectivity index (χ2v) is 6.60. The van der Waals surface area contributed by atoms with Gasteiger partial charge in [0.25, 0.3) is 0 Å². The smallest absolute Gasteiger partial charge is 0.186 e. The SMILES string of the molecule is Cc1cc(-c2cnc(N3CCOCC3)s2)nc2ccc(F)cc12. The average Bonchev–Trinajstić information content (AvgIpc) is 3.06. The second kappa shape index (κ2) is 5.86. The number of morpholine rings is 1. The molecular weight excluding hydrogens is 313 g/mol. The van der Waals surface area contributed by atoms with Crippen LogP contribution in [-0.2, 0) is 4.74 Å². The van der Waals surface area contributed by atoms with E-state index in [0.29, 0.717) is 0 Å². The first-order valence-corrected chi connectivity index (χ1v) is 8.38. The molecule has 3 aromatic rings. The summed E-state index contributed by atoms with van der Waals surface area (Å²) >= 11 is 1.64. The summed E-state index contributed by atoms with van der Waals surface area (Å²) in [7, 11) is 0. The van der Waals surface area contributed by atoms with Crippen molar-refractivity contribution in [3.05, 3.63) is 41.8 Å². The summed E-state index contributed by atoms with van der Waals surface area (Å²) in [5.74, 6) is -0.234. The van der Waals surface area contributed by atoms with Gasteiger partial charge in [-0.3, -0.25) is 0 Å². The molecule has 1 aromatic carbocycles. The predicted molar refractivity (Wildman–Crippen MR) is 90.6 cm³/mol. The van der Waals surface area contributed by atoms with E-state index in [9.17, 15) is 4.39 Å². The van der Waals surface area contributed by atoms with E-state index in [4.69, 9.17) is 4.74 Å². The first-order valence-electron chi connectivity index (χ1n) is 7.56. The highest BCUT2D eigenvalue weighted by Crippen LogP contribution is 2.32. The predicted octanol–water partition coefficient (Wildman–Crippen LogP) is 3.64. The van der Waals surface area contributed by atoms with E-state index in [1.807, 2.05) is 19.2 Å². The van der Waals surface area contributed by atoms with E-state index in [0.717, 1.165) is 58.5 Å². The molecule has 0 amide bonds. The monoisotopic (exact) mass is 329 g/mol. The van der Waals surface area contributed by atoms with Crippen LogP contribution in [0, 0.1) is 12.7 Å². The molecular formula is C17H16FN3OS. The Kier molecular flexibility index (Phi) is 3.71. The maximum absolute atomic E-state index is 13.4. The number of rotatable bonds is 2. The number of ether oxygens (including phenoxy) is 1. The summed E-state index contributed by atoms with van der Waals surface area (Å²) in [5, 5.41) is 1.86. The summed E-state index contributed by atoms with van der Waals surface area (Å²) in [6.07, 6.45) is 1.87. The van der Waals surface area contributed by atoms with Crippen LogP contribution < -0.4 is 4.90 Å². The molecule has 0 bridgehead atoms. The molecule has 1 fully saturated rings. The molecule has 0 radical (unpaired) electrons. The van der Waals surface area contributed by atoms with Crippen molar-refractivity contribution < 1.29 is 9.13 Å². The Morgan fingerprint density at radius 1 is 1.22 bits per heavy atom. The van der Waals surface area contributed by atoms with Crippen molar-refractivity contribution in [2.24, 2.45) is 0 Å². The van der Waals surface area contributed by atoms with Crippen LogP contribution in [0.2, 0.25) is 0 Å². The third kappa shape index (κ3) is 2.80. The zero-order chi connectivity index (χ0) is 15.8. The number of anilines is 1. The van der Waals surface area contributed by atoms with Crippen LogP contribution in [0.25, 0.3) is 21.5 Å². The Labute approximate surface area is 137 Å². The molecule has 6 heteroatoms. The lowest BCUT2D eigenvalue weighted by molar-refractivity contribution is 0.122. The lowest BCUT2D eigenvalue weighted by Gasteiger charge is -2.25. The summed E-state index contributed by atoms with van der Waals surface area (Å²) < 4.78 is 18.8. The van der Waals surface area contributed by atoms with Crippen LogP contribution in [0.15, 0.2) is 30.5 Å². The summed E-state index contributed by atoms with van der Waals surface area (Å²) in [5.41, 5.74) is 2.71. The van der Waals surface area contributed by atoms with Crippen molar-refractivity contribution in [3.63, 3.8) is 0 Å². The molecule has 0 saturated carbocycles. The van der Waals surface area contributed by atoms with Gasteiger partial charge in [0.2, 0.25) is 0 Å². The molecule has 0 unspecified atom stereocenters. The molecule has 1 saturated heterocycles. The van der Waals surface area contributed by atoms with Crippen molar-refractivity contribution in [2.45, 2.75) is 6.92 Å². The highest BCUT2D eigenvalue weighted by atomic mass is 32.1. The molecule has 118 valence electrons. The zero-order valence-electron chi connectivity index (χ0n) is 12.8. The van der Waals surface area contributed by atoms with E-state index in [2.05, 4.69) is 14.9 Å². The van der Waals surface area contributed by atoms with E-state index < -0.39 is 0 Å². The lowest BCUT2D eigenvalue weighted by Crippen LogP contribution is -2.36. The van der Waals surface area contributed by atoms with Gasteiger partial charge in [-0.15, -0.1) is 0 Å². The molecule has 0 atom stereocenters. The minimum absolute atomic E-state index is 0.234. The van der Waals surface area contributed by atoms with E-state index in [1.165, 1.54) is 12.1 Å². The lowest BCUT2D eigenvalue weighted by atomic mass is 10.1. The van der Waals surface area contributed by atoms with E-state index in [-0.39, 0.29) is 5.82 Å². The molecule has 0 spiro atoms. The van der Waals surface area contributed by atoms with Crippen molar-refractivity contribution in [1.29, 1.82) is 0 Å². The van der Waals surface area contributed by atoms with Crippen LogP contribution >= 0.6 is 11.3 Å². The highest BCUT2D eigenvalue weighted by Gasteiger charge is 2.16. The highest BCUT2D eigenvalue weighted by molar-refractivity contribution is 7.18. The third-order valence-electron chi connectivity index (χ3n) is 4.01. The standard InChI is InChI=1S/C17H16FN3OS/c1-11-8-15(20-14-3-2-12(18)9-13(11)14)16-10-19-17(23-16)21-4-6-22-7-5-21/h2-3,8-10H,4-7H2,1H3. The van der Waals surface area contributed by atoms with Gasteiger partial charge in [0.15, 0.2) is 5.13 Å². The maximum atomic E-state index is 13.4. The third-order valence-corrected chi connectivity index (χ3v) is 5.09. The number of aromatic nitrogens is 2. The van der Waals surface area contributed by atoms with Gasteiger partial charge in [0, 0.05) is 24.7 Å². The van der Waals surface area contributed by atoms with E-state index in [1.54, 1.807) is 17.4 Å². The van der Waals surface area contributed by atoms with Crippen LogP contribution in [0.5, 0.6) is 0 Å². The van der Waals surface area contributed by atoms with Crippen LogP contribution in [0.3, 0.4) is 0 Å². The number of halogens is 1. The molecule has 4 nitrogen and oxygen atoms in total. The van der Waals surface area contributed by atoms with Gasteiger partial charge in [-0.1, -0.05) is 11.3 Å². The van der Waals surface area contributed by atoms with Crippen LogP contribution in [0.4, 0.5) is 9.52 Å². The number of fused-ring (bicyclic) bond motifs is 1. The molecule has 0 aliphatic carbocycles. The summed E-state index contributed by atoms with van der Waals surface area (Å²) in [4.78, 5) is 12.5. The van der Waals surface area contributed by atoms with Gasteiger partial charge in [0.1, 0.15) is 5.82 Å². The zero-order valence-corrected chi connectivity index (χ0v) is 13.6. The molecule has 2 aromatic heterocycles. The van der Waals surface area contributed by atoms with Crippen molar-refractivity contribution >= 4 is 27.4 Å².